The largest absolute Gasteiger partial charge is 0.379 e. The molecule has 2 aliphatic rings. The number of ether oxygens (including phenoxy) is 1. The lowest BCUT2D eigenvalue weighted by molar-refractivity contribution is 0.0315. The van der Waals surface area contributed by atoms with Gasteiger partial charge >= 0.3 is 0 Å². The third kappa shape index (κ3) is 12.2. The van der Waals surface area contributed by atoms with E-state index >= 15 is 0 Å². The minimum Gasteiger partial charge on any atom is -0.379 e. The Morgan fingerprint density at radius 1 is 0.809 bits per heavy atom. The number of imidazole rings is 2. The zero-order valence-corrected chi connectivity index (χ0v) is 28.9. The summed E-state index contributed by atoms with van der Waals surface area (Å²) >= 11 is 0. The molecule has 1 aromatic carbocycles. The van der Waals surface area contributed by atoms with E-state index in [4.69, 9.17) is 4.74 Å². The van der Waals surface area contributed by atoms with Crippen molar-refractivity contribution >= 4 is 5.91 Å². The van der Waals surface area contributed by atoms with E-state index in [9.17, 15) is 4.79 Å². The number of hydrogen-bond donors (Lipinski definition) is 2. The summed E-state index contributed by atoms with van der Waals surface area (Å²) in [7, 11) is 0. The SMILES string of the molecule is CC(C)CN1CCCCCN(Cc2ccc(C(=O)N(CCN3CCOCC3)CC(Cc3ncc[nH]3)Cc3ncc[nH]3)cc2)CCCC1. The molecule has 0 saturated carbocycles. The molecule has 3 aromatic rings. The van der Waals surface area contributed by atoms with Crippen molar-refractivity contribution in [2.24, 2.45) is 11.8 Å². The highest BCUT2D eigenvalue weighted by molar-refractivity contribution is 5.94. The topological polar surface area (TPSA) is 96.6 Å². The van der Waals surface area contributed by atoms with E-state index in [0.29, 0.717) is 13.1 Å². The van der Waals surface area contributed by atoms with Gasteiger partial charge in [0.05, 0.1) is 13.2 Å². The zero-order chi connectivity index (χ0) is 32.7. The van der Waals surface area contributed by atoms with Crippen LogP contribution in [0.2, 0.25) is 0 Å². The summed E-state index contributed by atoms with van der Waals surface area (Å²) in [6.45, 7) is 17.0. The van der Waals surface area contributed by atoms with Crippen molar-refractivity contribution in [1.82, 2.24) is 39.5 Å². The summed E-state index contributed by atoms with van der Waals surface area (Å²) in [5.41, 5.74) is 2.04. The standard InChI is InChI=1S/C37H58N8O2/c1-31(2)28-43-16-4-3-5-17-44(19-7-6-18-43)29-32-8-10-34(11-9-32)37(46)45(21-20-42-22-24-47-25-23-42)30-33(26-35-38-12-13-39-35)27-36-40-14-15-41-36/h8-15,31,33H,3-7,16-30H2,1-2H3,(H,38,39)(H,40,41). The van der Waals surface area contributed by atoms with Gasteiger partial charge in [-0.15, -0.1) is 0 Å². The molecule has 0 radical (unpaired) electrons. The van der Waals surface area contributed by atoms with Crippen LogP contribution < -0.4 is 0 Å². The molecule has 2 aromatic heterocycles. The fourth-order valence-electron chi connectivity index (χ4n) is 7.03. The Hall–Kier alpha value is -3.05. The summed E-state index contributed by atoms with van der Waals surface area (Å²) in [4.78, 5) is 39.4. The number of nitrogens with zero attached hydrogens (tertiary/aromatic N) is 6. The van der Waals surface area contributed by atoms with Gasteiger partial charge in [-0.25, -0.2) is 9.97 Å². The molecule has 2 saturated heterocycles. The van der Waals surface area contributed by atoms with Crippen LogP contribution in [0.1, 0.15) is 73.5 Å². The summed E-state index contributed by atoms with van der Waals surface area (Å²) in [5.74, 6) is 2.86. The highest BCUT2D eigenvalue weighted by Gasteiger charge is 2.24. The number of amides is 1. The first-order valence-electron chi connectivity index (χ1n) is 18.1. The van der Waals surface area contributed by atoms with E-state index in [1.165, 1.54) is 57.3 Å². The van der Waals surface area contributed by atoms with Crippen LogP contribution in [0, 0.1) is 11.8 Å². The van der Waals surface area contributed by atoms with Gasteiger partial charge in [0.15, 0.2) is 0 Å². The smallest absolute Gasteiger partial charge is 0.253 e. The number of nitrogens with one attached hydrogen (secondary N) is 2. The number of aromatic amines is 2. The third-order valence-corrected chi connectivity index (χ3v) is 9.51. The number of carbonyl (C=O) groups excluding carboxylic acids is 1. The molecular weight excluding hydrogens is 588 g/mol. The molecule has 10 heteroatoms. The molecule has 1 amide bonds. The van der Waals surface area contributed by atoms with Gasteiger partial charge in [0.2, 0.25) is 0 Å². The lowest BCUT2D eigenvalue weighted by Gasteiger charge is -2.32. The Labute approximate surface area is 282 Å². The Balaban J connectivity index is 1.22. The second kappa shape index (κ2) is 19.1. The number of rotatable bonds is 14. The molecule has 258 valence electrons. The van der Waals surface area contributed by atoms with Gasteiger partial charge in [-0.3, -0.25) is 14.6 Å². The molecule has 2 fully saturated rings. The molecule has 2 N–H and O–H groups in total. The number of morpholine rings is 1. The monoisotopic (exact) mass is 646 g/mol. The quantitative estimate of drug-likeness (QED) is 0.262. The normalized spacial score (nSPS) is 18.0. The zero-order valence-electron chi connectivity index (χ0n) is 28.9. The molecule has 0 atom stereocenters. The number of aromatic nitrogens is 4. The van der Waals surface area contributed by atoms with Crippen molar-refractivity contribution in [2.75, 3.05) is 78.7 Å². The van der Waals surface area contributed by atoms with Crippen LogP contribution in [0.5, 0.6) is 0 Å². The van der Waals surface area contributed by atoms with Crippen molar-refractivity contribution in [1.29, 1.82) is 0 Å². The predicted molar refractivity (Wildman–Crippen MR) is 187 cm³/mol. The number of benzene rings is 1. The minimum atomic E-state index is 0.0925. The van der Waals surface area contributed by atoms with E-state index in [2.05, 4.69) is 65.5 Å². The Kier molecular flexibility index (Phi) is 14.3. The van der Waals surface area contributed by atoms with E-state index in [1.807, 2.05) is 24.5 Å². The van der Waals surface area contributed by atoms with Gasteiger partial charge in [0, 0.05) is 89.0 Å². The number of hydrogen-bond acceptors (Lipinski definition) is 7. The lowest BCUT2D eigenvalue weighted by Crippen LogP contribution is -2.45. The number of carbonyl (C=O) groups is 1. The van der Waals surface area contributed by atoms with Crippen LogP contribution in [-0.4, -0.2) is 124 Å². The highest BCUT2D eigenvalue weighted by atomic mass is 16.5. The van der Waals surface area contributed by atoms with Crippen LogP contribution in [-0.2, 0) is 24.1 Å². The van der Waals surface area contributed by atoms with Crippen LogP contribution >= 0.6 is 0 Å². The van der Waals surface area contributed by atoms with Gasteiger partial charge < -0.3 is 24.5 Å². The third-order valence-electron chi connectivity index (χ3n) is 9.51. The van der Waals surface area contributed by atoms with E-state index in [-0.39, 0.29) is 11.8 Å². The summed E-state index contributed by atoms with van der Waals surface area (Å²) in [6, 6.07) is 8.44. The van der Waals surface area contributed by atoms with Crippen molar-refractivity contribution < 1.29 is 9.53 Å². The van der Waals surface area contributed by atoms with Crippen molar-refractivity contribution in [3.63, 3.8) is 0 Å². The van der Waals surface area contributed by atoms with E-state index < -0.39 is 0 Å². The van der Waals surface area contributed by atoms with Gasteiger partial charge in [0.1, 0.15) is 11.6 Å². The van der Waals surface area contributed by atoms with Crippen LogP contribution in [0.4, 0.5) is 0 Å². The number of H-pyrrole nitrogens is 2. The van der Waals surface area contributed by atoms with Gasteiger partial charge in [-0.2, -0.15) is 0 Å². The summed E-state index contributed by atoms with van der Waals surface area (Å²) in [6.07, 6.45) is 15.1. The van der Waals surface area contributed by atoms with Gasteiger partial charge in [0.25, 0.3) is 5.91 Å². The second-order valence-corrected chi connectivity index (χ2v) is 14.0. The molecule has 0 unspecified atom stereocenters. The maximum Gasteiger partial charge on any atom is 0.253 e. The molecule has 0 bridgehead atoms. The summed E-state index contributed by atoms with van der Waals surface area (Å²) in [5, 5.41) is 0. The molecular formula is C37H58N8O2. The Morgan fingerprint density at radius 2 is 1.40 bits per heavy atom. The lowest BCUT2D eigenvalue weighted by atomic mass is 9.99. The second-order valence-electron chi connectivity index (χ2n) is 14.0. The molecule has 10 nitrogen and oxygen atoms in total. The fourth-order valence-corrected chi connectivity index (χ4v) is 7.03. The van der Waals surface area contributed by atoms with Crippen LogP contribution in [0.25, 0.3) is 0 Å². The molecule has 2 aliphatic heterocycles. The molecule has 5 rings (SSSR count). The van der Waals surface area contributed by atoms with E-state index in [0.717, 1.165) is 88.5 Å². The van der Waals surface area contributed by atoms with Crippen LogP contribution in [0.15, 0.2) is 49.1 Å². The Morgan fingerprint density at radius 3 is 1.98 bits per heavy atom. The van der Waals surface area contributed by atoms with Gasteiger partial charge in [-0.1, -0.05) is 32.4 Å². The van der Waals surface area contributed by atoms with Crippen LogP contribution in [0.3, 0.4) is 0 Å². The average molecular weight is 647 g/mol. The highest BCUT2D eigenvalue weighted by Crippen LogP contribution is 2.18. The van der Waals surface area contributed by atoms with Crippen molar-refractivity contribution in [2.45, 2.75) is 65.3 Å². The van der Waals surface area contributed by atoms with Gasteiger partial charge in [-0.05, 0) is 81.4 Å². The molecule has 4 heterocycles. The predicted octanol–water partition coefficient (Wildman–Crippen LogP) is 4.73. The Bertz CT molecular complexity index is 1220. The molecule has 0 aliphatic carbocycles. The first-order chi connectivity index (χ1) is 23.0. The van der Waals surface area contributed by atoms with Crippen molar-refractivity contribution in [3.8, 4) is 0 Å². The maximum absolute atomic E-state index is 14.2. The van der Waals surface area contributed by atoms with Crippen molar-refractivity contribution in [3.05, 3.63) is 71.8 Å². The molecule has 0 spiro atoms. The first kappa shape index (κ1) is 35.3. The summed E-state index contributed by atoms with van der Waals surface area (Å²) < 4.78 is 5.57. The van der Waals surface area contributed by atoms with E-state index in [1.54, 1.807) is 12.4 Å². The fraction of sp³-hybridized carbons (Fsp3) is 0.649. The maximum atomic E-state index is 14.2. The first-order valence-corrected chi connectivity index (χ1v) is 18.1. The molecule has 47 heavy (non-hydrogen) atoms. The average Bonchev–Trinajstić information content (AvgIpc) is 3.78. The minimum absolute atomic E-state index is 0.0925.